The normalized spacial score (nSPS) is 11.0. The van der Waals surface area contributed by atoms with Crippen molar-refractivity contribution in [3.8, 4) is 18.1 Å². The number of anilines is 1. The van der Waals surface area contributed by atoms with Crippen molar-refractivity contribution in [2.75, 3.05) is 5.32 Å². The molecule has 0 heterocycles. The van der Waals surface area contributed by atoms with Gasteiger partial charge in [0.1, 0.15) is 5.75 Å². The Morgan fingerprint density at radius 3 is 2.41 bits per heavy atom. The number of hydrogen-bond acceptors (Lipinski definition) is 4. The zero-order valence-corrected chi connectivity index (χ0v) is 16.8. The van der Waals surface area contributed by atoms with E-state index in [-0.39, 0.29) is 0 Å². The van der Waals surface area contributed by atoms with E-state index < -0.39 is 23.8 Å². The number of hydrogen-bond donors (Lipinski definition) is 3. The van der Waals surface area contributed by atoms with Crippen LogP contribution in [0.15, 0.2) is 36.4 Å². The van der Waals surface area contributed by atoms with Crippen molar-refractivity contribution < 1.29 is 19.1 Å². The van der Waals surface area contributed by atoms with Crippen LogP contribution in [0.1, 0.15) is 29.2 Å². The Hall–Kier alpha value is -3.79. The monoisotopic (exact) mass is 393 g/mol. The molecule has 0 fully saturated rings. The van der Waals surface area contributed by atoms with Crippen LogP contribution in [0.25, 0.3) is 0 Å². The summed E-state index contributed by atoms with van der Waals surface area (Å²) in [4.78, 5) is 36.2. The van der Waals surface area contributed by atoms with Crippen molar-refractivity contribution in [3.63, 3.8) is 0 Å². The molecule has 0 aliphatic heterocycles. The van der Waals surface area contributed by atoms with Gasteiger partial charge in [-0.1, -0.05) is 24.1 Å². The molecule has 2 rings (SSSR count). The highest BCUT2D eigenvalue weighted by Crippen LogP contribution is 2.21. The number of carbonyl (C=O) groups is 3. The summed E-state index contributed by atoms with van der Waals surface area (Å²) in [5.74, 6) is 0.460. The minimum absolute atomic E-state index is 0.415. The summed E-state index contributed by atoms with van der Waals surface area (Å²) >= 11 is 0. The number of benzene rings is 2. The van der Waals surface area contributed by atoms with Gasteiger partial charge in [0.15, 0.2) is 6.10 Å². The van der Waals surface area contributed by atoms with Crippen LogP contribution in [0.5, 0.6) is 5.75 Å². The standard InChI is InChI=1S/C22H23N3O4/c1-6-17-11-10-14(3)18(12-17)23-21(27)22(28)25-24-20(26)16(5)29-19-9-7-8-13(2)15(19)4/h1,7-12,16H,2-5H3,(H,23,27)(H,24,26)(H,25,28). The smallest absolute Gasteiger partial charge is 0.328 e. The Morgan fingerprint density at radius 2 is 1.72 bits per heavy atom. The van der Waals surface area contributed by atoms with Crippen molar-refractivity contribution >= 4 is 23.4 Å². The zero-order chi connectivity index (χ0) is 21.6. The van der Waals surface area contributed by atoms with Crippen LogP contribution in [0, 0.1) is 33.1 Å². The van der Waals surface area contributed by atoms with E-state index in [9.17, 15) is 14.4 Å². The van der Waals surface area contributed by atoms with Gasteiger partial charge in [-0.2, -0.15) is 0 Å². The van der Waals surface area contributed by atoms with Crippen LogP contribution in [-0.4, -0.2) is 23.8 Å². The summed E-state index contributed by atoms with van der Waals surface area (Å²) in [5.41, 5.74) is 7.93. The van der Waals surface area contributed by atoms with Crippen LogP contribution in [-0.2, 0) is 14.4 Å². The first-order chi connectivity index (χ1) is 13.7. The first kappa shape index (κ1) is 21.5. The number of carbonyl (C=O) groups excluding carboxylic acids is 3. The largest absolute Gasteiger partial charge is 0.481 e. The predicted molar refractivity (Wildman–Crippen MR) is 110 cm³/mol. The Labute approximate surface area is 169 Å². The second-order valence-electron chi connectivity index (χ2n) is 6.53. The van der Waals surface area contributed by atoms with Gasteiger partial charge in [0.05, 0.1) is 0 Å². The van der Waals surface area contributed by atoms with Gasteiger partial charge in [0.2, 0.25) is 0 Å². The second kappa shape index (κ2) is 9.42. The molecule has 0 saturated carbocycles. The maximum atomic E-state index is 12.2. The highest BCUT2D eigenvalue weighted by Gasteiger charge is 2.19. The van der Waals surface area contributed by atoms with E-state index in [2.05, 4.69) is 22.1 Å². The third kappa shape index (κ3) is 5.59. The molecule has 2 aromatic rings. The lowest BCUT2D eigenvalue weighted by atomic mass is 10.1. The Balaban J connectivity index is 1.90. The van der Waals surface area contributed by atoms with Gasteiger partial charge < -0.3 is 10.1 Å². The average Bonchev–Trinajstić information content (AvgIpc) is 2.70. The number of hydrazine groups is 1. The minimum Gasteiger partial charge on any atom is -0.481 e. The van der Waals surface area contributed by atoms with Crippen molar-refractivity contribution in [2.45, 2.75) is 33.8 Å². The lowest BCUT2D eigenvalue weighted by molar-refractivity contribution is -0.139. The van der Waals surface area contributed by atoms with Crippen LogP contribution >= 0.6 is 0 Å². The molecule has 29 heavy (non-hydrogen) atoms. The maximum absolute atomic E-state index is 12.2. The fourth-order valence-electron chi connectivity index (χ4n) is 2.40. The number of nitrogens with one attached hydrogen (secondary N) is 3. The average molecular weight is 393 g/mol. The van der Waals surface area contributed by atoms with Crippen LogP contribution < -0.4 is 20.9 Å². The van der Waals surface area contributed by atoms with E-state index in [4.69, 9.17) is 11.2 Å². The summed E-state index contributed by atoms with van der Waals surface area (Å²) in [7, 11) is 0. The van der Waals surface area contributed by atoms with Gasteiger partial charge in [0, 0.05) is 11.3 Å². The summed E-state index contributed by atoms with van der Waals surface area (Å²) in [6, 6.07) is 10.6. The van der Waals surface area contributed by atoms with Crippen molar-refractivity contribution in [1.82, 2.24) is 10.9 Å². The van der Waals surface area contributed by atoms with Crippen molar-refractivity contribution in [1.29, 1.82) is 0 Å². The molecule has 7 nitrogen and oxygen atoms in total. The Bertz CT molecular complexity index is 992. The molecule has 0 aromatic heterocycles. The zero-order valence-electron chi connectivity index (χ0n) is 16.8. The molecule has 7 heteroatoms. The van der Waals surface area contributed by atoms with Crippen LogP contribution in [0.4, 0.5) is 5.69 Å². The lowest BCUT2D eigenvalue weighted by Gasteiger charge is -2.17. The number of amides is 3. The third-order valence-corrected chi connectivity index (χ3v) is 4.39. The predicted octanol–water partition coefficient (Wildman–Crippen LogP) is 2.15. The van der Waals surface area contributed by atoms with E-state index >= 15 is 0 Å². The fourth-order valence-corrected chi connectivity index (χ4v) is 2.40. The molecule has 2 aromatic carbocycles. The van der Waals surface area contributed by atoms with Gasteiger partial charge in [-0.25, -0.2) is 0 Å². The van der Waals surface area contributed by atoms with Gasteiger partial charge in [0.25, 0.3) is 5.91 Å². The van der Waals surface area contributed by atoms with E-state index in [1.807, 2.05) is 26.0 Å². The van der Waals surface area contributed by atoms with Crippen molar-refractivity contribution in [3.05, 3.63) is 58.7 Å². The van der Waals surface area contributed by atoms with Gasteiger partial charge in [-0.15, -0.1) is 6.42 Å². The van der Waals surface area contributed by atoms with Gasteiger partial charge in [-0.05, 0) is 62.6 Å². The number of aryl methyl sites for hydroxylation is 2. The molecule has 0 saturated heterocycles. The molecule has 0 aliphatic carbocycles. The number of ether oxygens (including phenoxy) is 1. The fraction of sp³-hybridized carbons (Fsp3) is 0.227. The van der Waals surface area contributed by atoms with Crippen LogP contribution in [0.2, 0.25) is 0 Å². The Kier molecular flexibility index (Phi) is 6.99. The molecule has 0 radical (unpaired) electrons. The SMILES string of the molecule is C#Cc1ccc(C)c(NC(=O)C(=O)NNC(=O)C(C)Oc2cccc(C)c2C)c1. The molecule has 1 atom stereocenters. The lowest BCUT2D eigenvalue weighted by Crippen LogP contribution is -2.50. The molecular weight excluding hydrogens is 370 g/mol. The van der Waals surface area contributed by atoms with Crippen molar-refractivity contribution in [2.24, 2.45) is 0 Å². The molecular formula is C22H23N3O4. The third-order valence-electron chi connectivity index (χ3n) is 4.39. The first-order valence-corrected chi connectivity index (χ1v) is 8.94. The maximum Gasteiger partial charge on any atom is 0.328 e. The summed E-state index contributed by atoms with van der Waals surface area (Å²) in [6.45, 7) is 7.13. The van der Waals surface area contributed by atoms with Gasteiger partial charge in [-0.3, -0.25) is 25.2 Å². The van der Waals surface area contributed by atoms with Crippen LogP contribution in [0.3, 0.4) is 0 Å². The molecule has 0 spiro atoms. The molecule has 0 aliphatic rings. The summed E-state index contributed by atoms with van der Waals surface area (Å²) in [6.07, 6.45) is 4.46. The summed E-state index contributed by atoms with van der Waals surface area (Å²) < 4.78 is 5.63. The molecule has 1 unspecified atom stereocenters. The molecule has 0 bridgehead atoms. The van der Waals surface area contributed by atoms with E-state index in [1.54, 1.807) is 31.2 Å². The second-order valence-corrected chi connectivity index (χ2v) is 6.53. The summed E-state index contributed by atoms with van der Waals surface area (Å²) in [5, 5.41) is 2.46. The minimum atomic E-state index is -1.03. The molecule has 150 valence electrons. The Morgan fingerprint density at radius 1 is 1.00 bits per heavy atom. The quantitative estimate of drug-likeness (QED) is 0.421. The highest BCUT2D eigenvalue weighted by molar-refractivity contribution is 6.39. The molecule has 3 N–H and O–H groups in total. The van der Waals surface area contributed by atoms with E-state index in [0.29, 0.717) is 17.0 Å². The van der Waals surface area contributed by atoms with Gasteiger partial charge >= 0.3 is 11.8 Å². The topological polar surface area (TPSA) is 96.5 Å². The van der Waals surface area contributed by atoms with E-state index in [0.717, 1.165) is 16.7 Å². The highest BCUT2D eigenvalue weighted by atomic mass is 16.5. The number of rotatable bonds is 4. The number of terminal acetylenes is 1. The first-order valence-electron chi connectivity index (χ1n) is 8.94. The molecule has 3 amide bonds. The van der Waals surface area contributed by atoms with E-state index in [1.165, 1.54) is 6.92 Å².